The summed E-state index contributed by atoms with van der Waals surface area (Å²) in [6.07, 6.45) is 1.66. The van der Waals surface area contributed by atoms with Gasteiger partial charge in [0.25, 0.3) is 5.91 Å². The molecule has 0 aliphatic heterocycles. The van der Waals surface area contributed by atoms with Crippen molar-refractivity contribution < 1.29 is 29.3 Å². The number of benzene rings is 1. The summed E-state index contributed by atoms with van der Waals surface area (Å²) < 4.78 is 11.2. The van der Waals surface area contributed by atoms with Crippen LogP contribution in [0.25, 0.3) is 0 Å². The van der Waals surface area contributed by atoms with E-state index in [1.807, 2.05) is 13.8 Å². The molecule has 1 unspecified atom stereocenters. The molecule has 24 heavy (non-hydrogen) atoms. The monoisotopic (exact) mass is 339 g/mol. The van der Waals surface area contributed by atoms with Crippen molar-refractivity contribution in [1.29, 1.82) is 0 Å². The van der Waals surface area contributed by atoms with E-state index in [2.05, 4.69) is 5.32 Å². The Morgan fingerprint density at radius 3 is 2.25 bits per heavy atom. The van der Waals surface area contributed by atoms with E-state index in [-0.39, 0.29) is 0 Å². The molecule has 0 aliphatic rings. The molecule has 0 aliphatic carbocycles. The molecule has 1 amide bonds. The Balaban J connectivity index is 2.86. The van der Waals surface area contributed by atoms with Gasteiger partial charge in [-0.2, -0.15) is 0 Å². The third-order valence-corrected chi connectivity index (χ3v) is 3.18. The fourth-order valence-corrected chi connectivity index (χ4v) is 1.74. The van der Waals surface area contributed by atoms with Gasteiger partial charge in [-0.3, -0.25) is 4.79 Å². The Kier molecular flexibility index (Phi) is 7.51. The molecular formula is C17H25NO6. The lowest BCUT2D eigenvalue weighted by Crippen LogP contribution is -2.46. The van der Waals surface area contributed by atoms with Crippen LogP contribution in [0.15, 0.2) is 18.2 Å². The Morgan fingerprint density at radius 1 is 1.12 bits per heavy atom. The number of ether oxygens (including phenoxy) is 2. The second kappa shape index (κ2) is 9.12. The van der Waals surface area contributed by atoms with Gasteiger partial charge in [-0.15, -0.1) is 0 Å². The maximum atomic E-state index is 12.2. The maximum absolute atomic E-state index is 12.2. The van der Waals surface area contributed by atoms with Gasteiger partial charge in [0.05, 0.1) is 19.8 Å². The predicted octanol–water partition coefficient (Wildman–Crippen LogP) is 1.83. The fraction of sp³-hybridized carbons (Fsp3) is 0.529. The van der Waals surface area contributed by atoms with E-state index < -0.39 is 24.0 Å². The summed E-state index contributed by atoms with van der Waals surface area (Å²) in [5, 5.41) is 20.9. The summed E-state index contributed by atoms with van der Waals surface area (Å²) in [5.41, 5.74) is -1.73. The topological polar surface area (TPSA) is 105 Å². The highest BCUT2D eigenvalue weighted by Crippen LogP contribution is 2.29. The standard InChI is InChI=1S/C17H25NO6/c1-4-8-23-13-7-6-12(10-14(13)24-9-5-2)15(19)18-11-17(3,22)16(20)21/h6-7,10,22H,4-5,8-9,11H2,1-3H3,(H,18,19)(H,20,21). The fourth-order valence-electron chi connectivity index (χ4n) is 1.74. The first kappa shape index (κ1) is 19.8. The first-order chi connectivity index (χ1) is 11.3. The van der Waals surface area contributed by atoms with Crippen LogP contribution in [0, 0.1) is 0 Å². The Hall–Kier alpha value is -2.28. The molecule has 1 aromatic carbocycles. The van der Waals surface area contributed by atoms with Gasteiger partial charge in [0, 0.05) is 5.56 Å². The maximum Gasteiger partial charge on any atom is 0.337 e. The zero-order chi connectivity index (χ0) is 18.2. The van der Waals surface area contributed by atoms with E-state index in [4.69, 9.17) is 14.6 Å². The highest BCUT2D eigenvalue weighted by atomic mass is 16.5. The molecule has 1 aromatic rings. The highest BCUT2D eigenvalue weighted by Gasteiger charge is 2.30. The van der Waals surface area contributed by atoms with Crippen LogP contribution in [0.3, 0.4) is 0 Å². The normalized spacial score (nSPS) is 13.0. The van der Waals surface area contributed by atoms with Crippen molar-refractivity contribution >= 4 is 11.9 Å². The molecule has 0 bridgehead atoms. The van der Waals surface area contributed by atoms with Gasteiger partial charge < -0.3 is 25.0 Å². The van der Waals surface area contributed by atoms with Crippen LogP contribution in [0.4, 0.5) is 0 Å². The number of carbonyl (C=O) groups is 2. The first-order valence-corrected chi connectivity index (χ1v) is 7.95. The minimum atomic E-state index is -2.03. The molecule has 0 radical (unpaired) electrons. The molecule has 0 fully saturated rings. The van der Waals surface area contributed by atoms with Crippen LogP contribution in [0.2, 0.25) is 0 Å². The molecule has 0 aromatic heterocycles. The van der Waals surface area contributed by atoms with Gasteiger partial charge in [0.1, 0.15) is 0 Å². The first-order valence-electron chi connectivity index (χ1n) is 7.95. The van der Waals surface area contributed by atoms with Gasteiger partial charge in [-0.1, -0.05) is 13.8 Å². The smallest absolute Gasteiger partial charge is 0.337 e. The molecular weight excluding hydrogens is 314 g/mol. The zero-order valence-electron chi connectivity index (χ0n) is 14.3. The molecule has 0 heterocycles. The minimum absolute atomic E-state index is 0.297. The molecule has 3 N–H and O–H groups in total. The second-order valence-corrected chi connectivity index (χ2v) is 5.62. The number of carboxylic acids is 1. The van der Waals surface area contributed by atoms with E-state index in [9.17, 15) is 14.7 Å². The molecule has 0 saturated heterocycles. The van der Waals surface area contributed by atoms with Crippen LogP contribution >= 0.6 is 0 Å². The van der Waals surface area contributed by atoms with Crippen molar-refractivity contribution in [1.82, 2.24) is 5.32 Å². The third-order valence-electron chi connectivity index (χ3n) is 3.18. The van der Waals surface area contributed by atoms with Gasteiger partial charge in [-0.05, 0) is 38.0 Å². The Bertz CT molecular complexity index is 570. The van der Waals surface area contributed by atoms with E-state index in [1.54, 1.807) is 18.2 Å². The number of aliphatic hydroxyl groups is 1. The average molecular weight is 339 g/mol. The van der Waals surface area contributed by atoms with E-state index in [1.165, 1.54) is 0 Å². The third kappa shape index (κ3) is 5.73. The quantitative estimate of drug-likeness (QED) is 0.601. The van der Waals surface area contributed by atoms with Crippen molar-refractivity contribution in [3.63, 3.8) is 0 Å². The second-order valence-electron chi connectivity index (χ2n) is 5.62. The molecule has 7 nitrogen and oxygen atoms in total. The minimum Gasteiger partial charge on any atom is -0.490 e. The summed E-state index contributed by atoms with van der Waals surface area (Å²) in [5.74, 6) is -0.889. The largest absolute Gasteiger partial charge is 0.490 e. The summed E-state index contributed by atoms with van der Waals surface area (Å²) in [6.45, 7) is 5.70. The molecule has 1 rings (SSSR count). The summed E-state index contributed by atoms with van der Waals surface area (Å²) in [4.78, 5) is 23.0. The lowest BCUT2D eigenvalue weighted by molar-refractivity contribution is -0.155. The molecule has 0 spiro atoms. The summed E-state index contributed by atoms with van der Waals surface area (Å²) in [7, 11) is 0. The molecule has 0 saturated carbocycles. The van der Waals surface area contributed by atoms with Crippen LogP contribution < -0.4 is 14.8 Å². The predicted molar refractivity (Wildman–Crippen MR) is 88.6 cm³/mol. The van der Waals surface area contributed by atoms with Crippen LogP contribution in [-0.4, -0.2) is 47.4 Å². The Labute approximate surface area is 141 Å². The van der Waals surface area contributed by atoms with Crippen molar-refractivity contribution in [2.45, 2.75) is 39.2 Å². The van der Waals surface area contributed by atoms with Crippen molar-refractivity contribution in [3.8, 4) is 11.5 Å². The number of carboxylic acid groups (broad SMARTS) is 1. The number of rotatable bonds is 10. The van der Waals surface area contributed by atoms with Crippen molar-refractivity contribution in [2.24, 2.45) is 0 Å². The SMILES string of the molecule is CCCOc1ccc(C(=O)NCC(C)(O)C(=O)O)cc1OCCC. The van der Waals surface area contributed by atoms with Crippen molar-refractivity contribution in [2.75, 3.05) is 19.8 Å². The number of nitrogens with one attached hydrogen (secondary N) is 1. The van der Waals surface area contributed by atoms with E-state index in [0.29, 0.717) is 30.3 Å². The van der Waals surface area contributed by atoms with Gasteiger partial charge in [0.2, 0.25) is 0 Å². The van der Waals surface area contributed by atoms with Crippen LogP contribution in [0.5, 0.6) is 11.5 Å². The molecule has 134 valence electrons. The van der Waals surface area contributed by atoms with Gasteiger partial charge in [-0.25, -0.2) is 4.79 Å². The van der Waals surface area contributed by atoms with Crippen molar-refractivity contribution in [3.05, 3.63) is 23.8 Å². The van der Waals surface area contributed by atoms with Gasteiger partial charge in [0.15, 0.2) is 17.1 Å². The van der Waals surface area contributed by atoms with Crippen LogP contribution in [0.1, 0.15) is 44.0 Å². The number of hydrogen-bond acceptors (Lipinski definition) is 5. The summed E-state index contributed by atoms with van der Waals surface area (Å²) >= 11 is 0. The highest BCUT2D eigenvalue weighted by molar-refractivity contribution is 5.95. The number of amides is 1. The average Bonchev–Trinajstić information content (AvgIpc) is 2.56. The number of aliphatic carboxylic acids is 1. The Morgan fingerprint density at radius 2 is 1.71 bits per heavy atom. The molecule has 1 atom stereocenters. The number of hydrogen-bond donors (Lipinski definition) is 3. The number of carbonyl (C=O) groups excluding carboxylic acids is 1. The van der Waals surface area contributed by atoms with E-state index in [0.717, 1.165) is 19.8 Å². The van der Waals surface area contributed by atoms with E-state index >= 15 is 0 Å². The zero-order valence-corrected chi connectivity index (χ0v) is 14.3. The lowest BCUT2D eigenvalue weighted by atomic mass is 10.1. The van der Waals surface area contributed by atoms with Crippen LogP contribution in [-0.2, 0) is 4.79 Å². The van der Waals surface area contributed by atoms with Gasteiger partial charge >= 0.3 is 5.97 Å². The molecule has 7 heteroatoms. The lowest BCUT2D eigenvalue weighted by Gasteiger charge is -2.18. The summed E-state index contributed by atoms with van der Waals surface area (Å²) in [6, 6.07) is 4.75.